The molecule has 1 saturated carbocycles. The van der Waals surface area contributed by atoms with Gasteiger partial charge in [-0.25, -0.2) is 4.98 Å². The van der Waals surface area contributed by atoms with Gasteiger partial charge in [-0.3, -0.25) is 0 Å². The van der Waals surface area contributed by atoms with Gasteiger partial charge in [0.25, 0.3) is 10.2 Å². The van der Waals surface area contributed by atoms with Crippen molar-refractivity contribution in [3.63, 3.8) is 0 Å². The summed E-state index contributed by atoms with van der Waals surface area (Å²) in [6.07, 6.45) is 1.91. The van der Waals surface area contributed by atoms with Crippen molar-refractivity contribution in [2.75, 3.05) is 13.1 Å². The summed E-state index contributed by atoms with van der Waals surface area (Å²) in [5.74, 6) is -0.120. The number of halogens is 4. The lowest BCUT2D eigenvalue weighted by Gasteiger charge is -2.33. The smallest absolute Gasteiger partial charge is 0.306 e. The summed E-state index contributed by atoms with van der Waals surface area (Å²) < 4.78 is 69.9. The molecule has 1 N–H and O–H groups in total. The van der Waals surface area contributed by atoms with Gasteiger partial charge in [0.2, 0.25) is 0 Å². The van der Waals surface area contributed by atoms with E-state index in [1.54, 1.807) is 6.33 Å². The zero-order valence-electron chi connectivity index (χ0n) is 19.2. The standard InChI is InChI=1S/C25H24ClF3N4O2S/c26-21-5-7-22(8-6-21)32-12-23(30-15-32)17-2-1-16-10-19-3-4-20(11-18(16)9-17)24(19)13-33(14-25(27,28)29)36(34,35)31-24/h1-2,5-9,12,15,19-20,31H,3-4,10-11,13-14H2/t19-,20+,24-/m1/s1. The molecule has 1 aliphatic heterocycles. The first-order valence-electron chi connectivity index (χ1n) is 11.8. The van der Waals surface area contributed by atoms with Crippen LogP contribution in [0.15, 0.2) is 55.0 Å². The van der Waals surface area contributed by atoms with Crippen molar-refractivity contribution in [2.45, 2.75) is 37.4 Å². The molecule has 6 rings (SSSR count). The first-order chi connectivity index (χ1) is 17.0. The summed E-state index contributed by atoms with van der Waals surface area (Å²) in [7, 11) is -4.19. The van der Waals surface area contributed by atoms with Crippen molar-refractivity contribution in [2.24, 2.45) is 11.8 Å². The first-order valence-corrected chi connectivity index (χ1v) is 13.6. The Kier molecular flexibility index (Phi) is 5.53. The quantitative estimate of drug-likeness (QED) is 0.524. The summed E-state index contributed by atoms with van der Waals surface area (Å²) in [5, 5.41) is 0.656. The molecule has 0 amide bonds. The van der Waals surface area contributed by atoms with E-state index in [2.05, 4.69) is 21.8 Å². The molecule has 0 radical (unpaired) electrons. The van der Waals surface area contributed by atoms with E-state index in [1.165, 1.54) is 0 Å². The number of nitrogens with zero attached hydrogens (tertiary/aromatic N) is 3. The van der Waals surface area contributed by atoms with Crippen LogP contribution >= 0.6 is 11.6 Å². The fourth-order valence-electron chi connectivity index (χ4n) is 6.23. The van der Waals surface area contributed by atoms with E-state index < -0.39 is 28.5 Å². The summed E-state index contributed by atoms with van der Waals surface area (Å²) in [5.41, 5.74) is 4.03. The van der Waals surface area contributed by atoms with E-state index in [1.807, 2.05) is 41.1 Å². The maximum Gasteiger partial charge on any atom is 0.402 e. The lowest BCUT2D eigenvalue weighted by Crippen LogP contribution is -2.52. The van der Waals surface area contributed by atoms with Gasteiger partial charge in [0.05, 0.1) is 17.6 Å². The van der Waals surface area contributed by atoms with Crippen LogP contribution in [-0.2, 0) is 23.1 Å². The van der Waals surface area contributed by atoms with Crippen molar-refractivity contribution in [3.05, 3.63) is 71.1 Å². The van der Waals surface area contributed by atoms with Gasteiger partial charge in [0.1, 0.15) is 6.54 Å². The van der Waals surface area contributed by atoms with Crippen LogP contribution in [0.3, 0.4) is 0 Å². The summed E-state index contributed by atoms with van der Waals surface area (Å²) in [4.78, 5) is 4.56. The van der Waals surface area contributed by atoms with E-state index >= 15 is 0 Å². The van der Waals surface area contributed by atoms with E-state index in [0.29, 0.717) is 22.2 Å². The van der Waals surface area contributed by atoms with Gasteiger partial charge in [0.15, 0.2) is 0 Å². The van der Waals surface area contributed by atoms with Crippen LogP contribution in [-0.4, -0.2) is 47.1 Å². The second-order valence-electron chi connectivity index (χ2n) is 10.0. The minimum Gasteiger partial charge on any atom is -0.306 e. The Balaban J connectivity index is 1.29. The minimum absolute atomic E-state index is 0.0493. The van der Waals surface area contributed by atoms with E-state index in [0.717, 1.165) is 40.9 Å². The molecule has 190 valence electrons. The Bertz CT molecular complexity index is 1420. The van der Waals surface area contributed by atoms with Crippen molar-refractivity contribution >= 4 is 21.8 Å². The molecular formula is C25H24ClF3N4O2S. The van der Waals surface area contributed by atoms with Gasteiger partial charge < -0.3 is 4.57 Å². The minimum atomic E-state index is -4.59. The molecule has 3 aromatic rings. The molecular weight excluding hydrogens is 513 g/mol. The Morgan fingerprint density at radius 2 is 1.75 bits per heavy atom. The number of hydrogen-bond acceptors (Lipinski definition) is 3. The second-order valence-corrected chi connectivity index (χ2v) is 12.1. The van der Waals surface area contributed by atoms with Gasteiger partial charge in [-0.15, -0.1) is 0 Å². The lowest BCUT2D eigenvalue weighted by atomic mass is 9.79. The molecule has 2 aliphatic carbocycles. The molecule has 2 fully saturated rings. The third kappa shape index (κ3) is 4.13. The average molecular weight is 537 g/mol. The Hall–Kier alpha value is -2.40. The normalized spacial score (nSPS) is 27.3. The molecule has 3 atom stereocenters. The van der Waals surface area contributed by atoms with E-state index in [9.17, 15) is 21.6 Å². The molecule has 2 aromatic carbocycles. The van der Waals surface area contributed by atoms with Gasteiger partial charge in [-0.1, -0.05) is 23.7 Å². The summed E-state index contributed by atoms with van der Waals surface area (Å²) in [6.45, 7) is -1.60. The molecule has 36 heavy (non-hydrogen) atoms. The molecule has 1 aromatic heterocycles. The monoisotopic (exact) mass is 536 g/mol. The topological polar surface area (TPSA) is 67.2 Å². The maximum atomic E-state index is 13.1. The summed E-state index contributed by atoms with van der Waals surface area (Å²) in [6, 6.07) is 13.6. The van der Waals surface area contributed by atoms with Gasteiger partial charge >= 0.3 is 6.18 Å². The molecule has 1 spiro atoms. The summed E-state index contributed by atoms with van der Waals surface area (Å²) >= 11 is 5.99. The number of benzene rings is 2. The highest BCUT2D eigenvalue weighted by Crippen LogP contribution is 2.50. The molecule has 1 saturated heterocycles. The van der Waals surface area contributed by atoms with Gasteiger partial charge in [-0.05, 0) is 79.0 Å². The fourth-order valence-corrected chi connectivity index (χ4v) is 8.06. The number of rotatable bonds is 3. The molecule has 3 aliphatic rings. The maximum absolute atomic E-state index is 13.1. The first kappa shape index (κ1) is 24.0. The van der Waals surface area contributed by atoms with Crippen molar-refractivity contribution in [1.82, 2.24) is 18.6 Å². The number of alkyl halides is 3. The van der Waals surface area contributed by atoms with Crippen molar-refractivity contribution in [3.8, 4) is 16.9 Å². The predicted molar refractivity (Wildman–Crippen MR) is 130 cm³/mol. The van der Waals surface area contributed by atoms with Crippen LogP contribution in [0.25, 0.3) is 16.9 Å². The fraction of sp³-hybridized carbons (Fsp3) is 0.400. The zero-order chi connectivity index (χ0) is 25.3. The van der Waals surface area contributed by atoms with Crippen LogP contribution in [0.4, 0.5) is 13.2 Å². The second kappa shape index (κ2) is 8.31. The van der Waals surface area contributed by atoms with E-state index in [-0.39, 0.29) is 18.4 Å². The van der Waals surface area contributed by atoms with Gasteiger partial charge in [-0.2, -0.15) is 30.6 Å². The molecule has 6 nitrogen and oxygen atoms in total. The SMILES string of the molecule is O=S1(=O)N[C@]2(CN1CC(F)(F)F)[C@@H]1CC[C@H]2Cc2cc(-c3cn(-c4ccc(Cl)cc4)cn3)ccc2C1. The molecule has 2 bridgehead atoms. The Labute approximate surface area is 212 Å². The van der Waals surface area contributed by atoms with Crippen molar-refractivity contribution < 1.29 is 21.6 Å². The average Bonchev–Trinajstić information content (AvgIpc) is 3.43. The number of nitrogens with one attached hydrogen (secondary N) is 1. The third-order valence-electron chi connectivity index (χ3n) is 7.92. The van der Waals surface area contributed by atoms with Crippen molar-refractivity contribution in [1.29, 1.82) is 0 Å². The third-order valence-corrected chi connectivity index (χ3v) is 9.74. The highest BCUT2D eigenvalue weighted by atomic mass is 35.5. The largest absolute Gasteiger partial charge is 0.402 e. The van der Waals surface area contributed by atoms with Crippen LogP contribution in [0.2, 0.25) is 5.02 Å². The van der Waals surface area contributed by atoms with Crippen LogP contribution in [0.5, 0.6) is 0 Å². The zero-order valence-corrected chi connectivity index (χ0v) is 20.7. The predicted octanol–water partition coefficient (Wildman–Crippen LogP) is 4.77. The molecule has 0 unspecified atom stereocenters. The van der Waals surface area contributed by atoms with Gasteiger partial charge in [0, 0.05) is 29.0 Å². The Morgan fingerprint density at radius 1 is 1.06 bits per heavy atom. The number of hydrogen-bond donors (Lipinski definition) is 1. The van der Waals surface area contributed by atoms with Crippen LogP contribution in [0.1, 0.15) is 24.0 Å². The number of aromatic nitrogens is 2. The molecule has 11 heteroatoms. The Morgan fingerprint density at radius 3 is 2.44 bits per heavy atom. The van der Waals surface area contributed by atoms with E-state index in [4.69, 9.17) is 11.6 Å². The molecule has 2 heterocycles. The highest BCUT2D eigenvalue weighted by Gasteiger charge is 2.60. The number of imidazole rings is 1. The van der Waals surface area contributed by atoms with Crippen LogP contribution < -0.4 is 4.72 Å². The lowest BCUT2D eigenvalue weighted by molar-refractivity contribution is -0.136. The highest BCUT2D eigenvalue weighted by molar-refractivity contribution is 7.87. The van der Waals surface area contributed by atoms with Crippen LogP contribution in [0, 0.1) is 11.8 Å². The number of fused-ring (bicyclic) bond motifs is 1.